The first kappa shape index (κ1) is 12.1. The first-order chi connectivity index (χ1) is 6.84. The average molecular weight is 227 g/mol. The van der Waals surface area contributed by atoms with E-state index in [1.165, 1.54) is 0 Å². The summed E-state index contributed by atoms with van der Waals surface area (Å²) in [7, 11) is 0. The number of halogens is 1. The minimum atomic E-state index is -0.808. The third-order valence-corrected chi connectivity index (χ3v) is 3.02. The topological polar surface area (TPSA) is 37.3 Å². The molecule has 82 valence electrons. The van der Waals surface area contributed by atoms with Crippen LogP contribution in [0.4, 0.5) is 0 Å². The predicted molar refractivity (Wildman–Crippen MR) is 61.5 cm³/mol. The summed E-state index contributed by atoms with van der Waals surface area (Å²) in [5.74, 6) is -0.808. The molecule has 3 heteroatoms. The molecule has 0 aliphatic heterocycles. The van der Waals surface area contributed by atoms with Crippen molar-refractivity contribution in [1.29, 1.82) is 0 Å². The first-order valence-electron chi connectivity index (χ1n) is 4.82. The summed E-state index contributed by atoms with van der Waals surface area (Å²) in [6, 6.07) is 5.71. The van der Waals surface area contributed by atoms with Crippen molar-refractivity contribution in [2.75, 3.05) is 0 Å². The van der Waals surface area contributed by atoms with E-state index in [1.54, 1.807) is 0 Å². The normalized spacial score (nSPS) is 11.5. The van der Waals surface area contributed by atoms with Gasteiger partial charge < -0.3 is 5.11 Å². The summed E-state index contributed by atoms with van der Waals surface area (Å²) < 4.78 is 0. The molecule has 0 bridgehead atoms. The summed E-state index contributed by atoms with van der Waals surface area (Å²) in [6.07, 6.45) is 0.0795. The fourth-order valence-electron chi connectivity index (χ4n) is 1.64. The van der Waals surface area contributed by atoms with Crippen LogP contribution in [0.5, 0.6) is 0 Å². The zero-order valence-electron chi connectivity index (χ0n) is 9.17. The molecule has 0 aromatic heterocycles. The van der Waals surface area contributed by atoms with Crippen molar-refractivity contribution in [1.82, 2.24) is 0 Å². The average Bonchev–Trinajstić information content (AvgIpc) is 2.07. The number of aliphatic carboxylic acids is 1. The highest BCUT2D eigenvalue weighted by atomic mass is 35.5. The molecule has 1 aromatic rings. The molecule has 0 heterocycles. The fraction of sp³-hybridized carbons (Fsp3) is 0.417. The Hall–Kier alpha value is -1.02. The number of rotatable bonds is 3. The van der Waals surface area contributed by atoms with E-state index in [1.807, 2.05) is 39.0 Å². The lowest BCUT2D eigenvalue weighted by Gasteiger charge is -2.25. The maximum absolute atomic E-state index is 10.7. The van der Waals surface area contributed by atoms with Crippen LogP contribution in [0.1, 0.15) is 31.4 Å². The molecule has 0 unspecified atom stereocenters. The van der Waals surface area contributed by atoms with Gasteiger partial charge in [-0.2, -0.15) is 0 Å². The molecule has 0 radical (unpaired) electrons. The highest BCUT2D eigenvalue weighted by Gasteiger charge is 2.26. The number of aryl methyl sites for hydroxylation is 1. The second kappa shape index (κ2) is 4.23. The fourth-order valence-corrected chi connectivity index (χ4v) is 2.03. The van der Waals surface area contributed by atoms with Gasteiger partial charge in [-0.3, -0.25) is 4.79 Å². The molecular weight excluding hydrogens is 212 g/mol. The Labute approximate surface area is 94.9 Å². The van der Waals surface area contributed by atoms with Crippen molar-refractivity contribution in [3.8, 4) is 0 Å². The van der Waals surface area contributed by atoms with Gasteiger partial charge in [0.25, 0.3) is 0 Å². The van der Waals surface area contributed by atoms with Gasteiger partial charge in [0.1, 0.15) is 0 Å². The Morgan fingerprint density at radius 1 is 1.47 bits per heavy atom. The number of benzene rings is 1. The van der Waals surface area contributed by atoms with Crippen LogP contribution in [-0.2, 0) is 10.2 Å². The molecule has 1 rings (SSSR count). The summed E-state index contributed by atoms with van der Waals surface area (Å²) in [4.78, 5) is 10.7. The van der Waals surface area contributed by atoms with Crippen molar-refractivity contribution in [3.63, 3.8) is 0 Å². The SMILES string of the molecule is Cc1cccc(C(C)(C)CC(=O)O)c1Cl. The molecule has 0 saturated carbocycles. The predicted octanol–water partition coefficient (Wildman–Crippen LogP) is 3.40. The molecule has 1 N–H and O–H groups in total. The second-order valence-electron chi connectivity index (χ2n) is 4.39. The van der Waals surface area contributed by atoms with Gasteiger partial charge in [-0.15, -0.1) is 0 Å². The van der Waals surface area contributed by atoms with E-state index in [4.69, 9.17) is 16.7 Å². The molecule has 0 aliphatic rings. The first-order valence-corrected chi connectivity index (χ1v) is 5.20. The van der Waals surface area contributed by atoms with Crippen molar-refractivity contribution in [2.24, 2.45) is 0 Å². The standard InChI is InChI=1S/C12H15ClO2/c1-8-5-4-6-9(11(8)13)12(2,3)7-10(14)15/h4-6H,7H2,1-3H3,(H,14,15). The van der Waals surface area contributed by atoms with Gasteiger partial charge in [-0.25, -0.2) is 0 Å². The molecule has 2 nitrogen and oxygen atoms in total. The molecule has 0 saturated heterocycles. The van der Waals surface area contributed by atoms with Gasteiger partial charge in [0, 0.05) is 10.4 Å². The third-order valence-electron chi connectivity index (χ3n) is 2.51. The van der Waals surface area contributed by atoms with Crippen LogP contribution in [0.2, 0.25) is 5.02 Å². The number of carbonyl (C=O) groups is 1. The maximum Gasteiger partial charge on any atom is 0.304 e. The molecule has 15 heavy (non-hydrogen) atoms. The van der Waals surface area contributed by atoms with E-state index in [-0.39, 0.29) is 6.42 Å². The highest BCUT2D eigenvalue weighted by molar-refractivity contribution is 6.32. The molecule has 0 amide bonds. The molecule has 0 atom stereocenters. The quantitative estimate of drug-likeness (QED) is 0.858. The van der Waals surface area contributed by atoms with Crippen molar-refractivity contribution < 1.29 is 9.90 Å². The van der Waals surface area contributed by atoms with Gasteiger partial charge in [-0.05, 0) is 18.1 Å². The van der Waals surface area contributed by atoms with Crippen molar-refractivity contribution in [3.05, 3.63) is 34.3 Å². The Bertz CT molecular complexity index is 383. The second-order valence-corrected chi connectivity index (χ2v) is 4.77. The maximum atomic E-state index is 10.7. The van der Waals surface area contributed by atoms with Crippen LogP contribution < -0.4 is 0 Å². The number of carboxylic acids is 1. The smallest absolute Gasteiger partial charge is 0.304 e. The zero-order valence-corrected chi connectivity index (χ0v) is 9.93. The summed E-state index contributed by atoms with van der Waals surface area (Å²) >= 11 is 6.17. The molecular formula is C12H15ClO2. The Balaban J connectivity index is 3.14. The van der Waals surface area contributed by atoms with Gasteiger partial charge in [-0.1, -0.05) is 43.6 Å². The van der Waals surface area contributed by atoms with Crippen LogP contribution in [-0.4, -0.2) is 11.1 Å². The number of hydrogen-bond donors (Lipinski definition) is 1. The largest absolute Gasteiger partial charge is 0.481 e. The van der Waals surface area contributed by atoms with E-state index in [0.29, 0.717) is 5.02 Å². The number of hydrogen-bond acceptors (Lipinski definition) is 1. The van der Waals surface area contributed by atoms with E-state index < -0.39 is 11.4 Å². The third kappa shape index (κ3) is 2.72. The lowest BCUT2D eigenvalue weighted by molar-refractivity contribution is -0.138. The monoisotopic (exact) mass is 226 g/mol. The van der Waals surface area contributed by atoms with E-state index in [9.17, 15) is 4.79 Å². The number of carboxylic acid groups (broad SMARTS) is 1. The minimum absolute atomic E-state index is 0.0795. The van der Waals surface area contributed by atoms with Gasteiger partial charge in [0.15, 0.2) is 0 Å². The summed E-state index contributed by atoms with van der Waals surface area (Å²) in [6.45, 7) is 5.70. The van der Waals surface area contributed by atoms with Crippen LogP contribution in [0.15, 0.2) is 18.2 Å². The van der Waals surface area contributed by atoms with Crippen molar-refractivity contribution in [2.45, 2.75) is 32.6 Å². The zero-order chi connectivity index (χ0) is 11.6. The van der Waals surface area contributed by atoms with E-state index in [2.05, 4.69) is 0 Å². The summed E-state index contributed by atoms with van der Waals surface area (Å²) in [5.41, 5.74) is 1.44. The Morgan fingerprint density at radius 3 is 2.60 bits per heavy atom. The van der Waals surface area contributed by atoms with E-state index in [0.717, 1.165) is 11.1 Å². The highest BCUT2D eigenvalue weighted by Crippen LogP contribution is 2.34. The van der Waals surface area contributed by atoms with Gasteiger partial charge in [0.2, 0.25) is 0 Å². The van der Waals surface area contributed by atoms with Crippen molar-refractivity contribution >= 4 is 17.6 Å². The van der Waals surface area contributed by atoms with Crippen LogP contribution >= 0.6 is 11.6 Å². The molecule has 0 aliphatic carbocycles. The van der Waals surface area contributed by atoms with Gasteiger partial charge in [0.05, 0.1) is 6.42 Å². The lowest BCUT2D eigenvalue weighted by atomic mass is 9.81. The lowest BCUT2D eigenvalue weighted by Crippen LogP contribution is -2.22. The Kier molecular flexibility index (Phi) is 3.40. The van der Waals surface area contributed by atoms with Crippen LogP contribution in [0, 0.1) is 6.92 Å². The minimum Gasteiger partial charge on any atom is -0.481 e. The molecule has 0 spiro atoms. The van der Waals surface area contributed by atoms with Crippen LogP contribution in [0.3, 0.4) is 0 Å². The molecule has 1 aromatic carbocycles. The summed E-state index contributed by atoms with van der Waals surface area (Å²) in [5, 5.41) is 9.50. The van der Waals surface area contributed by atoms with E-state index >= 15 is 0 Å². The van der Waals surface area contributed by atoms with Gasteiger partial charge >= 0.3 is 5.97 Å². The van der Waals surface area contributed by atoms with Crippen LogP contribution in [0.25, 0.3) is 0 Å². The molecule has 0 fully saturated rings. The Morgan fingerprint density at radius 2 is 2.07 bits per heavy atom.